The lowest BCUT2D eigenvalue weighted by Gasteiger charge is -2.04. The molecule has 0 spiro atoms. The van der Waals surface area contributed by atoms with Crippen LogP contribution in [0.2, 0.25) is 5.02 Å². The molecule has 2 rings (SSSR count). The first-order valence-electron chi connectivity index (χ1n) is 5.40. The number of halogens is 1. The third-order valence-corrected chi connectivity index (χ3v) is 3.18. The van der Waals surface area contributed by atoms with Gasteiger partial charge in [-0.05, 0) is 31.0 Å². The molecule has 0 aliphatic heterocycles. The van der Waals surface area contributed by atoms with E-state index in [0.29, 0.717) is 17.1 Å². The average molecular weight is 252 g/mol. The van der Waals surface area contributed by atoms with E-state index < -0.39 is 0 Å². The first kappa shape index (κ1) is 11.8. The highest BCUT2D eigenvalue weighted by atomic mass is 35.5. The monoisotopic (exact) mass is 251 g/mol. The van der Waals surface area contributed by atoms with Gasteiger partial charge in [0.2, 0.25) is 0 Å². The Morgan fingerprint density at radius 1 is 1.47 bits per heavy atom. The van der Waals surface area contributed by atoms with Crippen molar-refractivity contribution < 1.29 is 0 Å². The maximum absolute atomic E-state index is 11.9. The van der Waals surface area contributed by atoms with Crippen LogP contribution in [-0.2, 0) is 6.42 Å². The van der Waals surface area contributed by atoms with Gasteiger partial charge in [-0.15, -0.1) is 0 Å². The van der Waals surface area contributed by atoms with Crippen molar-refractivity contribution in [3.05, 3.63) is 44.8 Å². The van der Waals surface area contributed by atoms with Gasteiger partial charge in [0.25, 0.3) is 5.56 Å². The Hall–Kier alpha value is -1.68. The van der Waals surface area contributed by atoms with Crippen LogP contribution >= 0.6 is 11.6 Å². The Balaban J connectivity index is 2.61. The highest BCUT2D eigenvalue weighted by molar-refractivity contribution is 6.31. The molecule has 3 N–H and O–H groups in total. The quantitative estimate of drug-likeness (QED) is 0.860. The number of hydrogen-bond donors (Lipinski definition) is 2. The van der Waals surface area contributed by atoms with Gasteiger partial charge >= 0.3 is 0 Å². The molecule has 4 nitrogen and oxygen atoms in total. The zero-order valence-electron chi connectivity index (χ0n) is 9.75. The van der Waals surface area contributed by atoms with Crippen LogP contribution in [-0.4, -0.2) is 9.78 Å². The lowest BCUT2D eigenvalue weighted by atomic mass is 10.2. The number of anilines is 1. The smallest absolute Gasteiger partial charge is 0.294 e. The molecule has 0 bridgehead atoms. The van der Waals surface area contributed by atoms with Crippen LogP contribution in [0.5, 0.6) is 0 Å². The Morgan fingerprint density at radius 3 is 2.71 bits per heavy atom. The van der Waals surface area contributed by atoms with Crippen LogP contribution in [0.3, 0.4) is 0 Å². The van der Waals surface area contributed by atoms with Crippen LogP contribution in [0, 0.1) is 6.92 Å². The summed E-state index contributed by atoms with van der Waals surface area (Å²) in [5.41, 5.74) is 8.16. The molecule has 0 atom stereocenters. The Morgan fingerprint density at radius 2 is 2.18 bits per heavy atom. The maximum atomic E-state index is 11.9. The van der Waals surface area contributed by atoms with Gasteiger partial charge in [-0.1, -0.05) is 24.6 Å². The molecule has 0 aliphatic rings. The van der Waals surface area contributed by atoms with Crippen molar-refractivity contribution in [2.75, 3.05) is 5.73 Å². The van der Waals surface area contributed by atoms with E-state index in [0.717, 1.165) is 11.3 Å². The third kappa shape index (κ3) is 1.96. The summed E-state index contributed by atoms with van der Waals surface area (Å²) < 4.78 is 1.42. The normalized spacial score (nSPS) is 10.8. The van der Waals surface area contributed by atoms with Gasteiger partial charge in [0.05, 0.1) is 11.4 Å². The summed E-state index contributed by atoms with van der Waals surface area (Å²) in [5.74, 6) is 0. The lowest BCUT2D eigenvalue weighted by molar-refractivity contribution is 0.819. The van der Waals surface area contributed by atoms with Crippen LogP contribution in [0.25, 0.3) is 5.69 Å². The molecule has 2 aromatic rings. The highest BCUT2D eigenvalue weighted by Crippen LogP contribution is 2.19. The van der Waals surface area contributed by atoms with Crippen LogP contribution in [0.15, 0.2) is 23.0 Å². The number of aryl methyl sites for hydroxylation is 2. The van der Waals surface area contributed by atoms with Crippen molar-refractivity contribution in [1.29, 1.82) is 0 Å². The molecular weight excluding hydrogens is 238 g/mol. The van der Waals surface area contributed by atoms with Gasteiger partial charge in [-0.3, -0.25) is 9.89 Å². The molecule has 1 aromatic carbocycles. The Labute approximate surface area is 104 Å². The molecular formula is C12H14ClN3O. The van der Waals surface area contributed by atoms with E-state index in [1.807, 2.05) is 26.0 Å². The van der Waals surface area contributed by atoms with Crippen molar-refractivity contribution in [2.45, 2.75) is 20.3 Å². The summed E-state index contributed by atoms with van der Waals surface area (Å²) in [6.45, 7) is 3.85. The van der Waals surface area contributed by atoms with E-state index >= 15 is 0 Å². The van der Waals surface area contributed by atoms with Crippen molar-refractivity contribution >= 4 is 17.3 Å². The average Bonchev–Trinajstić information content (AvgIpc) is 2.60. The highest BCUT2D eigenvalue weighted by Gasteiger charge is 2.11. The van der Waals surface area contributed by atoms with E-state index in [-0.39, 0.29) is 11.2 Å². The molecule has 90 valence electrons. The fourth-order valence-electron chi connectivity index (χ4n) is 1.67. The topological polar surface area (TPSA) is 63.8 Å². The lowest BCUT2D eigenvalue weighted by Crippen LogP contribution is -2.16. The molecule has 0 amide bonds. The molecule has 1 heterocycles. The molecule has 0 saturated heterocycles. The maximum Gasteiger partial charge on any atom is 0.294 e. The predicted molar refractivity (Wildman–Crippen MR) is 69.9 cm³/mol. The SMILES string of the molecule is CCc1[nH]n(-c2ccc(C)c(Cl)c2)c(=O)c1N. The van der Waals surface area contributed by atoms with Gasteiger partial charge in [-0.2, -0.15) is 0 Å². The molecule has 1 aromatic heterocycles. The van der Waals surface area contributed by atoms with Gasteiger partial charge in [0.1, 0.15) is 5.69 Å². The first-order chi connectivity index (χ1) is 8.04. The van der Waals surface area contributed by atoms with Gasteiger partial charge in [-0.25, -0.2) is 4.68 Å². The number of nitrogens with zero attached hydrogens (tertiary/aromatic N) is 1. The molecule has 0 fully saturated rings. The van der Waals surface area contributed by atoms with Crippen molar-refractivity contribution in [3.8, 4) is 5.69 Å². The number of nitrogens with two attached hydrogens (primary N) is 1. The van der Waals surface area contributed by atoms with Crippen LogP contribution < -0.4 is 11.3 Å². The summed E-state index contributed by atoms with van der Waals surface area (Å²) in [6, 6.07) is 5.44. The van der Waals surface area contributed by atoms with Crippen molar-refractivity contribution in [3.63, 3.8) is 0 Å². The van der Waals surface area contributed by atoms with E-state index in [2.05, 4.69) is 5.10 Å². The van der Waals surface area contributed by atoms with E-state index in [1.54, 1.807) is 6.07 Å². The number of nitrogen functional groups attached to an aromatic ring is 1. The van der Waals surface area contributed by atoms with Gasteiger partial charge in [0.15, 0.2) is 0 Å². The number of H-pyrrole nitrogens is 1. The molecule has 0 aliphatic carbocycles. The fraction of sp³-hybridized carbons (Fsp3) is 0.250. The first-order valence-corrected chi connectivity index (χ1v) is 5.78. The third-order valence-electron chi connectivity index (χ3n) is 2.77. The fourth-order valence-corrected chi connectivity index (χ4v) is 1.84. The molecule has 0 radical (unpaired) electrons. The summed E-state index contributed by atoms with van der Waals surface area (Å²) in [7, 11) is 0. The van der Waals surface area contributed by atoms with Crippen LogP contribution in [0.1, 0.15) is 18.2 Å². The predicted octanol–water partition coefficient (Wildman–Crippen LogP) is 2.27. The van der Waals surface area contributed by atoms with Crippen molar-refractivity contribution in [2.24, 2.45) is 0 Å². The zero-order chi connectivity index (χ0) is 12.6. The second-order valence-corrected chi connectivity index (χ2v) is 4.34. The standard InChI is InChI=1S/C12H14ClN3O/c1-3-10-11(14)12(17)16(15-10)8-5-4-7(2)9(13)6-8/h4-6,15H,3,14H2,1-2H3. The Bertz CT molecular complexity index is 613. The minimum Gasteiger partial charge on any atom is -0.393 e. The molecule has 5 heteroatoms. The van der Waals surface area contributed by atoms with Gasteiger partial charge in [0, 0.05) is 5.02 Å². The Kier molecular flexibility index (Phi) is 2.98. The molecule has 0 saturated carbocycles. The minimum absolute atomic E-state index is 0.234. The number of rotatable bonds is 2. The summed E-state index contributed by atoms with van der Waals surface area (Å²) >= 11 is 6.04. The number of aromatic amines is 1. The summed E-state index contributed by atoms with van der Waals surface area (Å²) in [5, 5.41) is 3.61. The summed E-state index contributed by atoms with van der Waals surface area (Å²) in [6.07, 6.45) is 0.688. The minimum atomic E-state index is -0.234. The molecule has 0 unspecified atom stereocenters. The van der Waals surface area contributed by atoms with E-state index in [1.165, 1.54) is 4.68 Å². The van der Waals surface area contributed by atoms with Crippen molar-refractivity contribution in [1.82, 2.24) is 9.78 Å². The second-order valence-electron chi connectivity index (χ2n) is 3.93. The number of hydrogen-bond acceptors (Lipinski definition) is 2. The van der Waals surface area contributed by atoms with Crippen LogP contribution in [0.4, 0.5) is 5.69 Å². The van der Waals surface area contributed by atoms with E-state index in [4.69, 9.17) is 17.3 Å². The zero-order valence-corrected chi connectivity index (χ0v) is 10.5. The summed E-state index contributed by atoms with van der Waals surface area (Å²) in [4.78, 5) is 11.9. The number of aromatic nitrogens is 2. The van der Waals surface area contributed by atoms with E-state index in [9.17, 15) is 4.79 Å². The number of benzene rings is 1. The second kappa shape index (κ2) is 4.30. The largest absolute Gasteiger partial charge is 0.393 e. The molecule has 17 heavy (non-hydrogen) atoms. The van der Waals surface area contributed by atoms with Gasteiger partial charge < -0.3 is 5.73 Å². The number of nitrogens with one attached hydrogen (secondary N) is 1.